The van der Waals surface area contributed by atoms with Crippen LogP contribution in [0.4, 0.5) is 5.69 Å². The van der Waals surface area contributed by atoms with Crippen molar-refractivity contribution in [3.05, 3.63) is 59.4 Å². The van der Waals surface area contributed by atoms with Gasteiger partial charge in [-0.1, -0.05) is 36.8 Å². The van der Waals surface area contributed by atoms with Crippen LogP contribution >= 0.6 is 0 Å². The molecule has 1 aromatic heterocycles. The molecule has 110 valence electrons. The van der Waals surface area contributed by atoms with Gasteiger partial charge in [-0.25, -0.2) is 0 Å². The van der Waals surface area contributed by atoms with E-state index in [4.69, 9.17) is 0 Å². The van der Waals surface area contributed by atoms with Gasteiger partial charge in [0.25, 0.3) is 5.91 Å². The fourth-order valence-corrected chi connectivity index (χ4v) is 2.03. The smallest absolute Gasteiger partial charge is 0.270 e. The van der Waals surface area contributed by atoms with Crippen LogP contribution < -0.4 is 10.6 Å². The Bertz CT molecular complexity index is 610. The van der Waals surface area contributed by atoms with Gasteiger partial charge in [0.05, 0.1) is 0 Å². The van der Waals surface area contributed by atoms with E-state index in [0.717, 1.165) is 24.2 Å². The second-order valence-electron chi connectivity index (χ2n) is 5.03. The van der Waals surface area contributed by atoms with Gasteiger partial charge in [0, 0.05) is 25.0 Å². The molecule has 0 unspecified atom stereocenters. The number of carbonyl (C=O) groups is 1. The van der Waals surface area contributed by atoms with E-state index in [1.165, 1.54) is 5.56 Å². The van der Waals surface area contributed by atoms with E-state index in [-0.39, 0.29) is 5.91 Å². The monoisotopic (exact) mass is 283 g/mol. The van der Waals surface area contributed by atoms with Gasteiger partial charge >= 0.3 is 0 Å². The molecule has 0 fully saturated rings. The highest BCUT2D eigenvalue weighted by atomic mass is 16.1. The number of rotatable bonds is 6. The number of benzene rings is 1. The van der Waals surface area contributed by atoms with E-state index in [1.54, 1.807) is 12.3 Å². The first-order valence-electron chi connectivity index (χ1n) is 7.22. The summed E-state index contributed by atoms with van der Waals surface area (Å²) >= 11 is 0. The normalized spacial score (nSPS) is 10.2. The van der Waals surface area contributed by atoms with Crippen molar-refractivity contribution in [2.24, 2.45) is 0 Å². The third kappa shape index (κ3) is 4.60. The molecule has 0 radical (unpaired) electrons. The van der Waals surface area contributed by atoms with Crippen molar-refractivity contribution in [1.29, 1.82) is 0 Å². The molecular weight excluding hydrogens is 262 g/mol. The molecule has 4 nitrogen and oxygen atoms in total. The van der Waals surface area contributed by atoms with Crippen molar-refractivity contribution < 1.29 is 4.79 Å². The summed E-state index contributed by atoms with van der Waals surface area (Å²) in [5, 5.41) is 6.15. The van der Waals surface area contributed by atoms with Crippen LogP contribution in [0.2, 0.25) is 0 Å². The van der Waals surface area contributed by atoms with Crippen molar-refractivity contribution >= 4 is 11.6 Å². The highest BCUT2D eigenvalue weighted by molar-refractivity contribution is 5.93. The Balaban J connectivity index is 1.96. The summed E-state index contributed by atoms with van der Waals surface area (Å²) in [5.41, 5.74) is 3.63. The molecule has 2 aromatic rings. The molecule has 0 aliphatic rings. The Labute approximate surface area is 125 Å². The minimum Gasteiger partial charge on any atom is -0.385 e. The summed E-state index contributed by atoms with van der Waals surface area (Å²) in [4.78, 5) is 16.3. The largest absolute Gasteiger partial charge is 0.385 e. The highest BCUT2D eigenvalue weighted by Crippen LogP contribution is 2.09. The van der Waals surface area contributed by atoms with Crippen molar-refractivity contribution in [1.82, 2.24) is 10.3 Å². The van der Waals surface area contributed by atoms with Crippen LogP contribution in [0.3, 0.4) is 0 Å². The van der Waals surface area contributed by atoms with E-state index in [9.17, 15) is 4.79 Å². The molecule has 0 bridgehead atoms. The summed E-state index contributed by atoms with van der Waals surface area (Å²) in [6.45, 7) is 5.53. The average Bonchev–Trinajstić information content (AvgIpc) is 2.51. The molecule has 2 N–H and O–H groups in total. The van der Waals surface area contributed by atoms with Gasteiger partial charge in [0.2, 0.25) is 0 Å². The summed E-state index contributed by atoms with van der Waals surface area (Å²) in [6, 6.07) is 11.7. The van der Waals surface area contributed by atoms with Gasteiger partial charge in [-0.3, -0.25) is 9.78 Å². The van der Waals surface area contributed by atoms with Gasteiger partial charge in [-0.15, -0.1) is 0 Å². The van der Waals surface area contributed by atoms with Gasteiger partial charge in [-0.2, -0.15) is 0 Å². The number of carbonyl (C=O) groups excluding carboxylic acids is 1. The first-order chi connectivity index (χ1) is 10.2. The lowest BCUT2D eigenvalue weighted by atomic mass is 10.1. The van der Waals surface area contributed by atoms with Crippen LogP contribution in [0.1, 0.15) is 35.0 Å². The van der Waals surface area contributed by atoms with Crippen molar-refractivity contribution in [2.45, 2.75) is 26.8 Å². The van der Waals surface area contributed by atoms with E-state index in [1.807, 2.05) is 31.2 Å². The Morgan fingerprint density at radius 1 is 1.24 bits per heavy atom. The van der Waals surface area contributed by atoms with Crippen molar-refractivity contribution in [3.8, 4) is 0 Å². The number of nitrogens with one attached hydrogen (secondary N) is 2. The molecule has 1 amide bonds. The molecule has 0 aliphatic heterocycles. The Morgan fingerprint density at radius 2 is 2.10 bits per heavy atom. The second kappa shape index (κ2) is 7.43. The Kier molecular flexibility index (Phi) is 5.32. The molecular formula is C17H21N3O. The lowest BCUT2D eigenvalue weighted by Gasteiger charge is -2.08. The van der Waals surface area contributed by atoms with Gasteiger partial charge in [0.15, 0.2) is 0 Å². The second-order valence-corrected chi connectivity index (χ2v) is 5.03. The van der Waals surface area contributed by atoms with E-state index in [0.29, 0.717) is 12.2 Å². The predicted octanol–water partition coefficient (Wildman–Crippen LogP) is 3.14. The summed E-state index contributed by atoms with van der Waals surface area (Å²) < 4.78 is 0. The molecule has 21 heavy (non-hydrogen) atoms. The van der Waals surface area contributed by atoms with Crippen LogP contribution in [0.5, 0.6) is 0 Å². The number of aryl methyl sites for hydroxylation is 1. The molecule has 0 saturated carbocycles. The zero-order valence-electron chi connectivity index (χ0n) is 12.5. The van der Waals surface area contributed by atoms with E-state index < -0.39 is 0 Å². The minimum absolute atomic E-state index is 0.156. The maximum Gasteiger partial charge on any atom is 0.270 e. The third-order valence-electron chi connectivity index (χ3n) is 3.11. The van der Waals surface area contributed by atoms with Crippen LogP contribution in [0.25, 0.3) is 0 Å². The fourth-order valence-electron chi connectivity index (χ4n) is 2.03. The number of hydrogen-bond acceptors (Lipinski definition) is 3. The number of pyridine rings is 1. The average molecular weight is 283 g/mol. The number of aromatic nitrogens is 1. The van der Waals surface area contributed by atoms with Gasteiger partial charge < -0.3 is 10.6 Å². The van der Waals surface area contributed by atoms with Crippen molar-refractivity contribution in [2.75, 3.05) is 11.9 Å². The number of anilines is 1. The highest BCUT2D eigenvalue weighted by Gasteiger charge is 2.07. The van der Waals surface area contributed by atoms with Crippen LogP contribution in [-0.4, -0.2) is 17.4 Å². The molecule has 4 heteroatoms. The maximum atomic E-state index is 12.1. The Morgan fingerprint density at radius 3 is 2.86 bits per heavy atom. The van der Waals surface area contributed by atoms with Crippen molar-refractivity contribution in [3.63, 3.8) is 0 Å². The fraction of sp³-hybridized carbons (Fsp3) is 0.294. The quantitative estimate of drug-likeness (QED) is 0.856. The zero-order chi connectivity index (χ0) is 15.1. The van der Waals surface area contributed by atoms with Crippen LogP contribution in [0, 0.1) is 6.92 Å². The molecule has 0 aliphatic carbocycles. The van der Waals surface area contributed by atoms with Gasteiger partial charge in [0.1, 0.15) is 5.69 Å². The van der Waals surface area contributed by atoms with E-state index in [2.05, 4.69) is 28.6 Å². The van der Waals surface area contributed by atoms with Crippen LogP contribution in [-0.2, 0) is 6.54 Å². The topological polar surface area (TPSA) is 54.0 Å². The number of nitrogens with zero attached hydrogens (tertiary/aromatic N) is 1. The lowest BCUT2D eigenvalue weighted by Crippen LogP contribution is -2.23. The Hall–Kier alpha value is -2.36. The zero-order valence-corrected chi connectivity index (χ0v) is 12.5. The third-order valence-corrected chi connectivity index (χ3v) is 3.11. The van der Waals surface area contributed by atoms with Crippen LogP contribution in [0.15, 0.2) is 42.6 Å². The maximum absolute atomic E-state index is 12.1. The first kappa shape index (κ1) is 15.0. The number of hydrogen-bond donors (Lipinski definition) is 2. The molecule has 1 aromatic carbocycles. The molecule has 1 heterocycles. The summed E-state index contributed by atoms with van der Waals surface area (Å²) in [7, 11) is 0. The molecule has 0 spiro atoms. The van der Waals surface area contributed by atoms with Gasteiger partial charge in [-0.05, 0) is 31.0 Å². The van der Waals surface area contributed by atoms with E-state index >= 15 is 0 Å². The standard InChI is InChI=1S/C17H21N3O/c1-3-8-18-15-7-9-19-16(11-15)17(21)20-12-14-6-4-5-13(2)10-14/h4-7,9-11H,3,8,12H2,1-2H3,(H,18,19)(H,20,21). The molecule has 0 saturated heterocycles. The molecule has 2 rings (SSSR count). The number of amides is 1. The molecule has 0 atom stereocenters. The predicted molar refractivity (Wildman–Crippen MR) is 85.4 cm³/mol. The SMILES string of the molecule is CCCNc1ccnc(C(=O)NCc2cccc(C)c2)c1. The lowest BCUT2D eigenvalue weighted by molar-refractivity contribution is 0.0946. The first-order valence-corrected chi connectivity index (χ1v) is 7.22. The minimum atomic E-state index is -0.156. The summed E-state index contributed by atoms with van der Waals surface area (Å²) in [6.07, 6.45) is 2.69. The summed E-state index contributed by atoms with van der Waals surface area (Å²) in [5.74, 6) is -0.156.